The fraction of sp³-hybridized carbons (Fsp3) is 0.261. The number of hydrogen-bond donors (Lipinski definition) is 1. The Morgan fingerprint density at radius 3 is 2.50 bits per heavy atom. The number of benzene rings is 2. The number of nitrogens with one attached hydrogen (secondary N) is 1. The number of ether oxygens (including phenoxy) is 1. The molecule has 1 saturated heterocycles. The number of methoxy groups -OCH3 is 1. The van der Waals surface area contributed by atoms with Gasteiger partial charge in [-0.05, 0) is 24.3 Å². The maximum absolute atomic E-state index is 12.4. The fourth-order valence-electron chi connectivity index (χ4n) is 3.57. The minimum atomic E-state index is -0.138. The van der Waals surface area contributed by atoms with Crippen LogP contribution in [0.1, 0.15) is 0 Å². The lowest BCUT2D eigenvalue weighted by Gasteiger charge is -2.37. The molecule has 7 nitrogen and oxygen atoms in total. The summed E-state index contributed by atoms with van der Waals surface area (Å²) in [4.78, 5) is 26.0. The summed E-state index contributed by atoms with van der Waals surface area (Å²) in [6.07, 6.45) is 3.35. The molecule has 9 heteroatoms. The molecule has 1 aromatic heterocycles. The van der Waals surface area contributed by atoms with Gasteiger partial charge in [-0.2, -0.15) is 0 Å². The van der Waals surface area contributed by atoms with Crippen molar-refractivity contribution in [2.24, 2.45) is 0 Å². The molecule has 32 heavy (non-hydrogen) atoms. The molecule has 1 aliphatic heterocycles. The highest BCUT2D eigenvalue weighted by molar-refractivity contribution is 8.00. The maximum atomic E-state index is 12.4. The van der Waals surface area contributed by atoms with E-state index in [9.17, 15) is 4.79 Å². The van der Waals surface area contributed by atoms with E-state index in [1.54, 1.807) is 31.6 Å². The zero-order chi connectivity index (χ0) is 22.3. The number of piperazine rings is 1. The van der Waals surface area contributed by atoms with Crippen molar-refractivity contribution in [3.8, 4) is 5.75 Å². The van der Waals surface area contributed by atoms with Crippen LogP contribution in [0.15, 0.2) is 66.0 Å². The van der Waals surface area contributed by atoms with E-state index in [0.717, 1.165) is 48.5 Å². The Hall–Kier alpha value is -2.97. The van der Waals surface area contributed by atoms with Gasteiger partial charge in [0.25, 0.3) is 0 Å². The summed E-state index contributed by atoms with van der Waals surface area (Å²) >= 11 is 7.50. The van der Waals surface area contributed by atoms with E-state index >= 15 is 0 Å². The van der Waals surface area contributed by atoms with Crippen molar-refractivity contribution in [1.82, 2.24) is 9.97 Å². The standard InChI is InChI=1S/C23H24ClN5O2S/c1-31-20-9-5-4-8-19(20)28-12-14-29(15-13-28)22-23(26-11-10-25-22)32-16-21(30)27-18-7-3-2-6-17(18)24/h2-11H,12-16H2,1H3,(H,27,30). The maximum Gasteiger partial charge on any atom is 0.234 e. The zero-order valence-electron chi connectivity index (χ0n) is 17.7. The van der Waals surface area contributed by atoms with E-state index in [4.69, 9.17) is 16.3 Å². The molecule has 1 fully saturated rings. The second-order valence-electron chi connectivity index (χ2n) is 7.15. The lowest BCUT2D eigenvalue weighted by atomic mass is 10.2. The number of halogens is 1. The molecule has 1 amide bonds. The van der Waals surface area contributed by atoms with Crippen LogP contribution in [0.2, 0.25) is 5.02 Å². The molecule has 0 saturated carbocycles. The van der Waals surface area contributed by atoms with E-state index in [0.29, 0.717) is 10.7 Å². The Bertz CT molecular complexity index is 1080. The first-order valence-electron chi connectivity index (χ1n) is 10.3. The van der Waals surface area contributed by atoms with Gasteiger partial charge in [0.1, 0.15) is 10.8 Å². The normalized spacial score (nSPS) is 13.7. The van der Waals surface area contributed by atoms with Crippen LogP contribution in [0.25, 0.3) is 0 Å². The number of aromatic nitrogens is 2. The predicted octanol–water partition coefficient (Wildman–Crippen LogP) is 4.20. The number of amides is 1. The summed E-state index contributed by atoms with van der Waals surface area (Å²) in [5.41, 5.74) is 1.70. The molecular weight excluding hydrogens is 446 g/mol. The Balaban J connectivity index is 1.37. The molecular formula is C23H24ClN5O2S. The van der Waals surface area contributed by atoms with Gasteiger partial charge in [0.05, 0.1) is 29.3 Å². The highest BCUT2D eigenvalue weighted by Gasteiger charge is 2.23. The van der Waals surface area contributed by atoms with Gasteiger partial charge in [-0.15, -0.1) is 0 Å². The second-order valence-corrected chi connectivity index (χ2v) is 8.52. The molecule has 0 unspecified atom stereocenters. The first kappa shape index (κ1) is 22.2. The van der Waals surface area contributed by atoms with Crippen LogP contribution < -0.4 is 19.9 Å². The number of para-hydroxylation sites is 3. The molecule has 0 spiro atoms. The fourth-order valence-corrected chi connectivity index (χ4v) is 4.54. The van der Waals surface area contributed by atoms with E-state index in [-0.39, 0.29) is 11.7 Å². The van der Waals surface area contributed by atoms with Crippen molar-refractivity contribution in [3.63, 3.8) is 0 Å². The molecule has 1 aliphatic rings. The summed E-state index contributed by atoms with van der Waals surface area (Å²) in [5, 5.41) is 4.10. The first-order chi connectivity index (χ1) is 15.7. The molecule has 2 aromatic carbocycles. The van der Waals surface area contributed by atoms with Crippen LogP contribution in [-0.4, -0.2) is 54.9 Å². The van der Waals surface area contributed by atoms with Crippen LogP contribution in [0.4, 0.5) is 17.2 Å². The van der Waals surface area contributed by atoms with Gasteiger partial charge in [0.2, 0.25) is 5.91 Å². The van der Waals surface area contributed by atoms with Crippen molar-refractivity contribution in [3.05, 3.63) is 65.9 Å². The van der Waals surface area contributed by atoms with Crippen molar-refractivity contribution in [1.29, 1.82) is 0 Å². The lowest BCUT2D eigenvalue weighted by molar-refractivity contribution is -0.113. The summed E-state index contributed by atoms with van der Waals surface area (Å²) in [7, 11) is 1.69. The van der Waals surface area contributed by atoms with Gasteiger partial charge in [0, 0.05) is 38.6 Å². The van der Waals surface area contributed by atoms with E-state index in [1.165, 1.54) is 11.8 Å². The van der Waals surface area contributed by atoms with E-state index < -0.39 is 0 Å². The molecule has 166 valence electrons. The number of carbonyl (C=O) groups is 1. The van der Waals surface area contributed by atoms with Crippen molar-refractivity contribution in [2.45, 2.75) is 5.03 Å². The third-order valence-corrected chi connectivity index (χ3v) is 6.44. The lowest BCUT2D eigenvalue weighted by Crippen LogP contribution is -2.47. The number of carbonyl (C=O) groups excluding carboxylic acids is 1. The number of rotatable bonds is 7. The molecule has 0 aliphatic carbocycles. The van der Waals surface area contributed by atoms with Crippen LogP contribution in [0.5, 0.6) is 5.75 Å². The molecule has 3 aromatic rings. The molecule has 0 bridgehead atoms. The summed E-state index contributed by atoms with van der Waals surface area (Å²) < 4.78 is 5.51. The van der Waals surface area contributed by atoms with Gasteiger partial charge in [-0.25, -0.2) is 9.97 Å². The molecule has 2 heterocycles. The molecule has 1 N–H and O–H groups in total. The summed E-state index contributed by atoms with van der Waals surface area (Å²) in [6, 6.07) is 15.2. The number of thioether (sulfide) groups is 1. The zero-order valence-corrected chi connectivity index (χ0v) is 19.3. The van der Waals surface area contributed by atoms with Gasteiger partial charge >= 0.3 is 0 Å². The Morgan fingerprint density at radius 2 is 1.72 bits per heavy atom. The van der Waals surface area contributed by atoms with Crippen LogP contribution in [0.3, 0.4) is 0 Å². The van der Waals surface area contributed by atoms with Crippen molar-refractivity contribution < 1.29 is 9.53 Å². The smallest absolute Gasteiger partial charge is 0.234 e. The Morgan fingerprint density at radius 1 is 1.03 bits per heavy atom. The van der Waals surface area contributed by atoms with Gasteiger partial charge in [0.15, 0.2) is 5.82 Å². The Labute approximate surface area is 196 Å². The summed E-state index contributed by atoms with van der Waals surface area (Å²) in [6.45, 7) is 3.29. The van der Waals surface area contributed by atoms with E-state index in [1.807, 2.05) is 30.3 Å². The second kappa shape index (κ2) is 10.6. The van der Waals surface area contributed by atoms with Crippen LogP contribution in [0, 0.1) is 0 Å². The minimum Gasteiger partial charge on any atom is -0.495 e. The topological polar surface area (TPSA) is 70.6 Å². The molecule has 0 radical (unpaired) electrons. The van der Waals surface area contributed by atoms with Gasteiger partial charge in [-0.1, -0.05) is 47.6 Å². The van der Waals surface area contributed by atoms with E-state index in [2.05, 4.69) is 31.2 Å². The quantitative estimate of drug-likeness (QED) is 0.520. The van der Waals surface area contributed by atoms with Gasteiger partial charge < -0.3 is 19.9 Å². The van der Waals surface area contributed by atoms with Crippen molar-refractivity contribution in [2.75, 3.05) is 54.2 Å². The first-order valence-corrected chi connectivity index (χ1v) is 11.6. The SMILES string of the molecule is COc1ccccc1N1CCN(c2nccnc2SCC(=O)Nc2ccccc2Cl)CC1. The van der Waals surface area contributed by atoms with Crippen molar-refractivity contribution >= 4 is 46.5 Å². The number of nitrogens with zero attached hydrogens (tertiary/aromatic N) is 4. The molecule has 4 rings (SSSR count). The average molecular weight is 470 g/mol. The third-order valence-electron chi connectivity index (χ3n) is 5.14. The highest BCUT2D eigenvalue weighted by Crippen LogP contribution is 2.31. The predicted molar refractivity (Wildman–Crippen MR) is 130 cm³/mol. The highest BCUT2D eigenvalue weighted by atomic mass is 35.5. The molecule has 0 atom stereocenters. The largest absolute Gasteiger partial charge is 0.495 e. The Kier molecular flexibility index (Phi) is 7.34. The third kappa shape index (κ3) is 5.26. The van der Waals surface area contributed by atoms with Crippen LogP contribution in [-0.2, 0) is 4.79 Å². The number of hydrogen-bond acceptors (Lipinski definition) is 7. The minimum absolute atomic E-state index is 0.138. The van der Waals surface area contributed by atoms with Gasteiger partial charge in [-0.3, -0.25) is 4.79 Å². The average Bonchev–Trinajstić information content (AvgIpc) is 2.84. The monoisotopic (exact) mass is 469 g/mol. The van der Waals surface area contributed by atoms with Crippen LogP contribution >= 0.6 is 23.4 Å². The number of anilines is 3. The summed E-state index contributed by atoms with van der Waals surface area (Å²) in [5.74, 6) is 1.77.